The highest BCUT2D eigenvalue weighted by Crippen LogP contribution is 2.22. The molecule has 1 heterocycles. The summed E-state index contributed by atoms with van der Waals surface area (Å²) in [4.78, 5) is 10.5. The first kappa shape index (κ1) is 8.26. The minimum Gasteiger partial charge on any atom is -0.298 e. The summed E-state index contributed by atoms with van der Waals surface area (Å²) in [5, 5.41) is 5.61. The molecule has 13 heavy (non-hydrogen) atoms. The zero-order valence-electron chi connectivity index (χ0n) is 6.99. The fourth-order valence-corrected chi connectivity index (χ4v) is 1.46. The molecule has 0 atom stereocenters. The molecule has 4 heteroatoms. The minimum atomic E-state index is 0.590. The van der Waals surface area contributed by atoms with Gasteiger partial charge in [0.15, 0.2) is 0 Å². The van der Waals surface area contributed by atoms with Crippen LogP contribution in [0.5, 0.6) is 0 Å². The predicted molar refractivity (Wildman–Crippen MR) is 51.1 cm³/mol. The molecular formula is C9H7ClN2O. The molecule has 0 N–H and O–H groups in total. The van der Waals surface area contributed by atoms with Crippen LogP contribution in [0.3, 0.4) is 0 Å². The predicted octanol–water partition coefficient (Wildman–Crippen LogP) is 2.04. The van der Waals surface area contributed by atoms with Gasteiger partial charge >= 0.3 is 0 Å². The summed E-state index contributed by atoms with van der Waals surface area (Å²) < 4.78 is 1.58. The first-order valence-electron chi connectivity index (χ1n) is 3.80. The second kappa shape index (κ2) is 2.85. The summed E-state index contributed by atoms with van der Waals surface area (Å²) >= 11 is 5.95. The van der Waals surface area contributed by atoms with Crippen LogP contribution in [0.1, 0.15) is 10.4 Å². The summed E-state index contributed by atoms with van der Waals surface area (Å²) in [6.07, 6.45) is 0.794. The Balaban J connectivity index is 2.79. The lowest BCUT2D eigenvalue weighted by atomic mass is 10.2. The highest BCUT2D eigenvalue weighted by Gasteiger charge is 2.05. The maximum atomic E-state index is 10.5. The number of benzene rings is 1. The number of carbonyl (C=O) groups excluding carboxylic acids is 1. The number of hydrogen-bond acceptors (Lipinski definition) is 2. The molecule has 0 spiro atoms. The van der Waals surface area contributed by atoms with E-state index in [1.807, 2.05) is 0 Å². The van der Waals surface area contributed by atoms with Crippen molar-refractivity contribution in [3.8, 4) is 0 Å². The Bertz CT molecular complexity index is 476. The molecule has 0 saturated heterocycles. The zero-order chi connectivity index (χ0) is 9.42. The topological polar surface area (TPSA) is 34.9 Å². The molecule has 3 nitrogen and oxygen atoms in total. The molecule has 1 aromatic heterocycles. The first-order valence-corrected chi connectivity index (χ1v) is 4.17. The van der Waals surface area contributed by atoms with Gasteiger partial charge in [0.05, 0.1) is 5.52 Å². The van der Waals surface area contributed by atoms with Crippen LogP contribution in [-0.4, -0.2) is 16.1 Å². The van der Waals surface area contributed by atoms with Crippen LogP contribution in [0, 0.1) is 0 Å². The molecule has 66 valence electrons. The monoisotopic (exact) mass is 194 g/mol. The van der Waals surface area contributed by atoms with Gasteiger partial charge in [0, 0.05) is 18.0 Å². The van der Waals surface area contributed by atoms with E-state index in [9.17, 15) is 4.79 Å². The Kier molecular flexibility index (Phi) is 1.81. The van der Waals surface area contributed by atoms with E-state index in [4.69, 9.17) is 11.6 Å². The number of fused-ring (bicyclic) bond motifs is 1. The third kappa shape index (κ3) is 1.21. The summed E-state index contributed by atoms with van der Waals surface area (Å²) in [7, 11) is 1.77. The van der Waals surface area contributed by atoms with Crippen molar-refractivity contribution >= 4 is 28.8 Å². The third-order valence-corrected chi connectivity index (χ3v) is 2.37. The minimum absolute atomic E-state index is 0.590. The molecule has 0 radical (unpaired) electrons. The maximum Gasteiger partial charge on any atom is 0.150 e. The summed E-state index contributed by atoms with van der Waals surface area (Å²) in [5.41, 5.74) is 1.36. The molecule has 0 unspecified atom stereocenters. The molecule has 0 saturated carbocycles. The number of carbonyl (C=O) groups is 1. The third-order valence-electron chi connectivity index (χ3n) is 1.92. The van der Waals surface area contributed by atoms with Gasteiger partial charge in [0.25, 0.3) is 0 Å². The van der Waals surface area contributed by atoms with E-state index in [0.29, 0.717) is 10.7 Å². The van der Waals surface area contributed by atoms with Gasteiger partial charge in [-0.2, -0.15) is 5.10 Å². The Labute approximate surface area is 79.9 Å². The van der Waals surface area contributed by atoms with Crippen molar-refractivity contribution in [2.24, 2.45) is 7.05 Å². The lowest BCUT2D eigenvalue weighted by molar-refractivity contribution is 0.112. The molecule has 0 bridgehead atoms. The molecule has 1 aromatic carbocycles. The fraction of sp³-hybridized carbons (Fsp3) is 0.111. The number of aromatic nitrogens is 2. The molecule has 0 amide bonds. The Morgan fingerprint density at radius 3 is 3.00 bits per heavy atom. The standard InChI is InChI=1S/C9H7ClN2O/c1-12-9(10)7-3-2-6(5-13)4-8(7)11-12/h2-5H,1H3. The number of aryl methyl sites for hydroxylation is 1. The SMILES string of the molecule is Cn1nc2cc(C=O)ccc2c1Cl. The quantitative estimate of drug-likeness (QED) is 0.652. The fourth-order valence-electron chi connectivity index (χ4n) is 1.26. The smallest absolute Gasteiger partial charge is 0.150 e. The van der Waals surface area contributed by atoms with Crippen molar-refractivity contribution in [2.75, 3.05) is 0 Å². The average molecular weight is 195 g/mol. The van der Waals surface area contributed by atoms with Crippen LogP contribution >= 0.6 is 11.6 Å². The van der Waals surface area contributed by atoms with Crippen LogP contribution in [0.2, 0.25) is 5.15 Å². The number of rotatable bonds is 1. The second-order valence-electron chi connectivity index (χ2n) is 2.81. The van der Waals surface area contributed by atoms with E-state index < -0.39 is 0 Å². The van der Waals surface area contributed by atoms with Crippen molar-refractivity contribution in [1.29, 1.82) is 0 Å². The van der Waals surface area contributed by atoms with Crippen molar-refractivity contribution in [3.63, 3.8) is 0 Å². The van der Waals surface area contributed by atoms with E-state index in [2.05, 4.69) is 5.10 Å². The van der Waals surface area contributed by atoms with Gasteiger partial charge in [0.1, 0.15) is 11.4 Å². The largest absolute Gasteiger partial charge is 0.298 e. The number of halogens is 1. The summed E-state index contributed by atoms with van der Waals surface area (Å²) in [5.74, 6) is 0. The van der Waals surface area contributed by atoms with E-state index in [1.165, 1.54) is 0 Å². The Hall–Kier alpha value is -1.35. The van der Waals surface area contributed by atoms with Crippen LogP contribution < -0.4 is 0 Å². The van der Waals surface area contributed by atoms with Gasteiger partial charge in [-0.25, -0.2) is 0 Å². The van der Waals surface area contributed by atoms with Gasteiger partial charge < -0.3 is 0 Å². The van der Waals surface area contributed by atoms with Gasteiger partial charge in [0.2, 0.25) is 0 Å². The molecule has 0 aliphatic heterocycles. The molecular weight excluding hydrogens is 188 g/mol. The van der Waals surface area contributed by atoms with Crippen molar-refractivity contribution in [1.82, 2.24) is 9.78 Å². The van der Waals surface area contributed by atoms with E-state index >= 15 is 0 Å². The van der Waals surface area contributed by atoms with Gasteiger partial charge in [-0.1, -0.05) is 17.7 Å². The van der Waals surface area contributed by atoms with Crippen molar-refractivity contribution < 1.29 is 4.79 Å². The number of nitrogens with zero attached hydrogens (tertiary/aromatic N) is 2. The average Bonchev–Trinajstić information content (AvgIpc) is 2.42. The number of aldehydes is 1. The van der Waals surface area contributed by atoms with Crippen molar-refractivity contribution in [3.05, 3.63) is 28.9 Å². The lowest BCUT2D eigenvalue weighted by Crippen LogP contribution is -1.87. The molecule has 0 aliphatic carbocycles. The normalized spacial score (nSPS) is 10.6. The van der Waals surface area contributed by atoms with Crippen LogP contribution in [0.15, 0.2) is 18.2 Å². The van der Waals surface area contributed by atoms with Crippen molar-refractivity contribution in [2.45, 2.75) is 0 Å². The van der Waals surface area contributed by atoms with Crippen LogP contribution in [-0.2, 0) is 7.05 Å². The Morgan fingerprint density at radius 1 is 1.54 bits per heavy atom. The van der Waals surface area contributed by atoms with E-state index in [1.54, 1.807) is 29.9 Å². The molecule has 0 fully saturated rings. The van der Waals surface area contributed by atoms with E-state index in [0.717, 1.165) is 17.2 Å². The van der Waals surface area contributed by atoms with Gasteiger partial charge in [-0.3, -0.25) is 9.48 Å². The highest BCUT2D eigenvalue weighted by molar-refractivity contribution is 6.34. The Morgan fingerprint density at radius 2 is 2.31 bits per heavy atom. The molecule has 2 aromatic rings. The molecule has 0 aliphatic rings. The lowest BCUT2D eigenvalue weighted by Gasteiger charge is -1.89. The van der Waals surface area contributed by atoms with Gasteiger partial charge in [-0.05, 0) is 12.1 Å². The first-order chi connectivity index (χ1) is 6.22. The zero-order valence-corrected chi connectivity index (χ0v) is 7.75. The summed E-state index contributed by atoms with van der Waals surface area (Å²) in [6.45, 7) is 0. The van der Waals surface area contributed by atoms with Crippen LogP contribution in [0.25, 0.3) is 10.9 Å². The molecule has 2 rings (SSSR count). The summed E-state index contributed by atoms with van der Waals surface area (Å²) in [6, 6.07) is 5.24. The maximum absolute atomic E-state index is 10.5. The van der Waals surface area contributed by atoms with Crippen LogP contribution in [0.4, 0.5) is 0 Å². The highest BCUT2D eigenvalue weighted by atomic mass is 35.5. The number of hydrogen-bond donors (Lipinski definition) is 0. The second-order valence-corrected chi connectivity index (χ2v) is 3.17. The van der Waals surface area contributed by atoms with E-state index in [-0.39, 0.29) is 0 Å². The van der Waals surface area contributed by atoms with Gasteiger partial charge in [-0.15, -0.1) is 0 Å².